The zero-order valence-electron chi connectivity index (χ0n) is 16.4. The number of pyridine rings is 1. The van der Waals surface area contributed by atoms with Gasteiger partial charge in [-0.3, -0.25) is 0 Å². The Balaban J connectivity index is 1.72. The molecule has 0 saturated heterocycles. The maximum absolute atomic E-state index is 9.37. The molecular formula is C22H24N6O. The Bertz CT molecular complexity index is 1120. The first-order valence-corrected chi connectivity index (χ1v) is 9.83. The van der Waals surface area contributed by atoms with Gasteiger partial charge in [-0.2, -0.15) is 5.10 Å². The van der Waals surface area contributed by atoms with Gasteiger partial charge in [0, 0.05) is 23.2 Å². The Morgan fingerprint density at radius 1 is 1.14 bits per heavy atom. The fourth-order valence-corrected chi connectivity index (χ4v) is 3.30. The van der Waals surface area contributed by atoms with Crippen molar-refractivity contribution < 1.29 is 5.11 Å². The van der Waals surface area contributed by atoms with Crippen LogP contribution in [0.3, 0.4) is 0 Å². The number of unbranched alkanes of at least 4 members (excludes halogenated alkanes) is 1. The zero-order chi connectivity index (χ0) is 20.2. The van der Waals surface area contributed by atoms with Crippen molar-refractivity contribution >= 4 is 10.9 Å². The van der Waals surface area contributed by atoms with Gasteiger partial charge in [-0.15, -0.1) is 0 Å². The van der Waals surface area contributed by atoms with E-state index in [2.05, 4.69) is 22.0 Å². The molecule has 0 bridgehead atoms. The van der Waals surface area contributed by atoms with Crippen LogP contribution in [0.5, 0.6) is 0 Å². The molecule has 3 aromatic heterocycles. The van der Waals surface area contributed by atoms with Gasteiger partial charge in [0.25, 0.3) is 0 Å². The summed E-state index contributed by atoms with van der Waals surface area (Å²) in [5.41, 5.74) is 9.54. The van der Waals surface area contributed by atoms with Crippen LogP contribution < -0.4 is 5.73 Å². The van der Waals surface area contributed by atoms with Crippen LogP contribution in [0.2, 0.25) is 0 Å². The Kier molecular flexibility index (Phi) is 5.59. The first kappa shape index (κ1) is 19.2. The zero-order valence-corrected chi connectivity index (χ0v) is 16.4. The molecule has 29 heavy (non-hydrogen) atoms. The molecule has 0 aliphatic heterocycles. The van der Waals surface area contributed by atoms with E-state index >= 15 is 0 Å². The van der Waals surface area contributed by atoms with Gasteiger partial charge in [-0.1, -0.05) is 38.0 Å². The molecule has 3 heterocycles. The Morgan fingerprint density at radius 3 is 2.86 bits per heavy atom. The van der Waals surface area contributed by atoms with Crippen molar-refractivity contribution in [2.45, 2.75) is 38.8 Å². The number of nitrogens with two attached hydrogens (primary N) is 1. The number of aliphatic hydroxyl groups excluding tert-OH is 1. The molecule has 148 valence electrons. The summed E-state index contributed by atoms with van der Waals surface area (Å²) < 4.78 is 1.76. The molecule has 4 rings (SSSR count). The SMILES string of the molecule is CCCC[C@H](N)c1ccnc(-c2ccc3cnn(-c4cccc(CO)n4)c3c2)n1. The third-order valence-electron chi connectivity index (χ3n) is 4.93. The molecule has 7 nitrogen and oxygen atoms in total. The Hall–Kier alpha value is -3.16. The molecule has 1 aromatic carbocycles. The third kappa shape index (κ3) is 4.01. The largest absolute Gasteiger partial charge is 0.390 e. The average Bonchev–Trinajstić information content (AvgIpc) is 3.21. The summed E-state index contributed by atoms with van der Waals surface area (Å²) >= 11 is 0. The van der Waals surface area contributed by atoms with Crippen LogP contribution in [0.4, 0.5) is 0 Å². The molecule has 7 heteroatoms. The minimum absolute atomic E-state index is 0.0867. The van der Waals surface area contributed by atoms with Crippen molar-refractivity contribution in [3.05, 3.63) is 66.2 Å². The van der Waals surface area contributed by atoms with Gasteiger partial charge >= 0.3 is 0 Å². The highest BCUT2D eigenvalue weighted by Crippen LogP contribution is 2.25. The van der Waals surface area contributed by atoms with E-state index in [0.29, 0.717) is 17.3 Å². The second-order valence-corrected chi connectivity index (χ2v) is 7.03. The van der Waals surface area contributed by atoms with E-state index in [0.717, 1.165) is 41.4 Å². The fraction of sp³-hybridized carbons (Fsp3) is 0.273. The summed E-state index contributed by atoms with van der Waals surface area (Å²) in [6, 6.07) is 13.3. The van der Waals surface area contributed by atoms with E-state index in [-0.39, 0.29) is 12.6 Å². The van der Waals surface area contributed by atoms with E-state index in [9.17, 15) is 5.11 Å². The lowest BCUT2D eigenvalue weighted by Crippen LogP contribution is -2.12. The molecule has 0 fully saturated rings. The van der Waals surface area contributed by atoms with E-state index in [1.54, 1.807) is 23.1 Å². The van der Waals surface area contributed by atoms with Crippen LogP contribution in [0.25, 0.3) is 28.1 Å². The molecule has 0 aliphatic rings. The topological polar surface area (TPSA) is 103 Å². The van der Waals surface area contributed by atoms with Crippen molar-refractivity contribution in [1.29, 1.82) is 0 Å². The van der Waals surface area contributed by atoms with E-state index in [4.69, 9.17) is 10.7 Å². The summed E-state index contributed by atoms with van der Waals surface area (Å²) in [5.74, 6) is 1.29. The third-order valence-corrected chi connectivity index (χ3v) is 4.93. The van der Waals surface area contributed by atoms with Crippen molar-refractivity contribution in [2.75, 3.05) is 0 Å². The molecule has 3 N–H and O–H groups in total. The molecule has 0 aliphatic carbocycles. The summed E-state index contributed by atoms with van der Waals surface area (Å²) in [4.78, 5) is 13.6. The molecule has 4 aromatic rings. The van der Waals surface area contributed by atoms with E-state index in [1.807, 2.05) is 36.4 Å². The van der Waals surface area contributed by atoms with Crippen LogP contribution in [0, 0.1) is 0 Å². The number of rotatable bonds is 7. The van der Waals surface area contributed by atoms with Gasteiger partial charge < -0.3 is 10.8 Å². The first-order valence-electron chi connectivity index (χ1n) is 9.83. The van der Waals surface area contributed by atoms with E-state index < -0.39 is 0 Å². The Labute approximate surface area is 169 Å². The second kappa shape index (κ2) is 8.46. The van der Waals surface area contributed by atoms with Crippen molar-refractivity contribution in [1.82, 2.24) is 24.7 Å². The predicted molar refractivity (Wildman–Crippen MR) is 112 cm³/mol. The summed E-state index contributed by atoms with van der Waals surface area (Å²) in [6.45, 7) is 2.04. The van der Waals surface area contributed by atoms with Gasteiger partial charge in [-0.25, -0.2) is 19.6 Å². The highest BCUT2D eigenvalue weighted by atomic mass is 16.3. The molecule has 0 saturated carbocycles. The quantitative estimate of drug-likeness (QED) is 0.502. The summed E-state index contributed by atoms with van der Waals surface area (Å²) in [6.07, 6.45) is 6.65. The lowest BCUT2D eigenvalue weighted by molar-refractivity contribution is 0.276. The highest BCUT2D eigenvalue weighted by Gasteiger charge is 2.12. The number of benzene rings is 1. The van der Waals surface area contributed by atoms with Crippen molar-refractivity contribution in [2.24, 2.45) is 5.73 Å². The molecule has 0 radical (unpaired) electrons. The fourth-order valence-electron chi connectivity index (χ4n) is 3.30. The number of hydrogen-bond acceptors (Lipinski definition) is 6. The average molecular weight is 388 g/mol. The number of fused-ring (bicyclic) bond motifs is 1. The monoisotopic (exact) mass is 388 g/mol. The normalized spacial score (nSPS) is 12.4. The van der Waals surface area contributed by atoms with E-state index in [1.165, 1.54) is 0 Å². The van der Waals surface area contributed by atoms with Gasteiger partial charge in [0.15, 0.2) is 11.6 Å². The minimum atomic E-state index is -0.114. The van der Waals surface area contributed by atoms with Crippen LogP contribution >= 0.6 is 0 Å². The van der Waals surface area contributed by atoms with Crippen molar-refractivity contribution in [3.63, 3.8) is 0 Å². The molecule has 0 unspecified atom stereocenters. The van der Waals surface area contributed by atoms with Crippen molar-refractivity contribution in [3.8, 4) is 17.2 Å². The predicted octanol–water partition coefficient (Wildman–Crippen LogP) is 3.56. The number of aromatic nitrogens is 5. The molecular weight excluding hydrogens is 364 g/mol. The van der Waals surface area contributed by atoms with Crippen LogP contribution in [-0.2, 0) is 6.61 Å². The van der Waals surface area contributed by atoms with Crippen LogP contribution in [0.15, 0.2) is 54.9 Å². The molecule has 1 atom stereocenters. The second-order valence-electron chi connectivity index (χ2n) is 7.03. The number of nitrogens with zero attached hydrogens (tertiary/aromatic N) is 5. The lowest BCUT2D eigenvalue weighted by atomic mass is 10.1. The van der Waals surface area contributed by atoms with Gasteiger partial charge in [-0.05, 0) is 30.7 Å². The van der Waals surface area contributed by atoms with Gasteiger partial charge in [0.2, 0.25) is 0 Å². The maximum atomic E-state index is 9.37. The molecule has 0 amide bonds. The van der Waals surface area contributed by atoms with Gasteiger partial charge in [0.05, 0.1) is 29.7 Å². The van der Waals surface area contributed by atoms with Crippen LogP contribution in [0.1, 0.15) is 43.6 Å². The van der Waals surface area contributed by atoms with Crippen LogP contribution in [-0.4, -0.2) is 29.8 Å². The lowest BCUT2D eigenvalue weighted by Gasteiger charge is -2.11. The smallest absolute Gasteiger partial charge is 0.159 e. The summed E-state index contributed by atoms with van der Waals surface area (Å²) in [7, 11) is 0. The van der Waals surface area contributed by atoms with Gasteiger partial charge in [0.1, 0.15) is 0 Å². The highest BCUT2D eigenvalue weighted by molar-refractivity contribution is 5.84. The maximum Gasteiger partial charge on any atom is 0.159 e. The first-order chi connectivity index (χ1) is 14.2. The number of aliphatic hydroxyl groups is 1. The summed E-state index contributed by atoms with van der Waals surface area (Å²) in [5, 5.41) is 14.8. The number of hydrogen-bond donors (Lipinski definition) is 2. The Morgan fingerprint density at radius 2 is 2.03 bits per heavy atom. The minimum Gasteiger partial charge on any atom is -0.390 e. The molecule has 0 spiro atoms. The standard InChI is InChI=1S/C22H24N6O/c1-2-3-6-18(23)19-10-11-24-22(27-19)15-8-9-16-13-25-28(20(16)12-15)21-7-4-5-17(14-29)26-21/h4-5,7-13,18,29H,2-3,6,14,23H2,1H3/t18-/m0/s1.